The van der Waals surface area contributed by atoms with Crippen LogP contribution >= 0.6 is 15.9 Å². The summed E-state index contributed by atoms with van der Waals surface area (Å²) in [6.07, 6.45) is 4.94. The number of rotatable bonds is 4. The van der Waals surface area contributed by atoms with Gasteiger partial charge in [-0.15, -0.1) is 0 Å². The summed E-state index contributed by atoms with van der Waals surface area (Å²) in [7, 11) is -1.14. The van der Waals surface area contributed by atoms with E-state index in [9.17, 15) is 8.42 Å². The second-order valence-electron chi connectivity index (χ2n) is 4.97. The number of likely N-dealkylation sites (N-methyl/N-ethyl adjacent to an activating group) is 1. The highest BCUT2D eigenvalue weighted by Gasteiger charge is 2.34. The van der Waals surface area contributed by atoms with Gasteiger partial charge in [0.15, 0.2) is 9.84 Å². The van der Waals surface area contributed by atoms with E-state index >= 15 is 0 Å². The number of aromatic nitrogens is 1. The maximum Gasteiger partial charge on any atom is 0.154 e. The summed E-state index contributed by atoms with van der Waals surface area (Å²) < 4.78 is 25.3. The monoisotopic (exact) mass is 346 g/mol. The Morgan fingerprint density at radius 2 is 2.26 bits per heavy atom. The highest BCUT2D eigenvalue weighted by atomic mass is 79.9. The Morgan fingerprint density at radius 1 is 1.47 bits per heavy atom. The summed E-state index contributed by atoms with van der Waals surface area (Å²) in [4.78, 5) is 4.33. The Kier molecular flexibility index (Phi) is 4.97. The van der Waals surface area contributed by atoms with E-state index in [2.05, 4.69) is 26.2 Å². The molecule has 0 aliphatic carbocycles. The minimum absolute atomic E-state index is 0.0565. The first kappa shape index (κ1) is 14.9. The third-order valence-electron chi connectivity index (χ3n) is 3.67. The summed E-state index contributed by atoms with van der Waals surface area (Å²) in [5.41, 5.74) is 0.920. The Bertz CT molecular complexity index is 516. The topological polar surface area (TPSA) is 59.1 Å². The van der Waals surface area contributed by atoms with Crippen LogP contribution in [0.25, 0.3) is 0 Å². The fraction of sp³-hybridized carbons (Fsp3) is 0.615. The Morgan fingerprint density at radius 3 is 2.84 bits per heavy atom. The van der Waals surface area contributed by atoms with Crippen molar-refractivity contribution in [1.29, 1.82) is 0 Å². The lowest BCUT2D eigenvalue weighted by atomic mass is 10.0. The van der Waals surface area contributed by atoms with Gasteiger partial charge in [-0.2, -0.15) is 0 Å². The largest absolute Gasteiger partial charge is 0.315 e. The van der Waals surface area contributed by atoms with Crippen molar-refractivity contribution in [2.45, 2.75) is 37.0 Å². The van der Waals surface area contributed by atoms with Crippen LogP contribution in [0.1, 0.15) is 25.0 Å². The average molecular weight is 347 g/mol. The molecule has 0 saturated carbocycles. The van der Waals surface area contributed by atoms with Gasteiger partial charge < -0.3 is 5.32 Å². The van der Waals surface area contributed by atoms with E-state index in [4.69, 9.17) is 0 Å². The number of hydrogen-bond acceptors (Lipinski definition) is 4. The van der Waals surface area contributed by atoms with E-state index < -0.39 is 9.84 Å². The third kappa shape index (κ3) is 3.77. The first-order chi connectivity index (χ1) is 9.03. The van der Waals surface area contributed by atoms with Gasteiger partial charge >= 0.3 is 0 Å². The highest BCUT2D eigenvalue weighted by Crippen LogP contribution is 2.24. The highest BCUT2D eigenvalue weighted by molar-refractivity contribution is 9.10. The number of nitrogens with zero attached hydrogens (tertiary/aromatic N) is 1. The van der Waals surface area contributed by atoms with E-state index in [-0.39, 0.29) is 11.3 Å². The third-order valence-corrected chi connectivity index (χ3v) is 6.48. The predicted octanol–water partition coefficient (Wildman–Crippen LogP) is 1.94. The molecule has 1 aromatic rings. The molecule has 1 saturated heterocycles. The molecule has 0 amide bonds. The van der Waals surface area contributed by atoms with Crippen LogP contribution in [0.5, 0.6) is 0 Å². The van der Waals surface area contributed by atoms with Crippen LogP contribution in [-0.4, -0.2) is 37.5 Å². The van der Waals surface area contributed by atoms with E-state index in [0.717, 1.165) is 29.4 Å². The Hall–Kier alpha value is -0.460. The van der Waals surface area contributed by atoms with Crippen molar-refractivity contribution in [1.82, 2.24) is 10.3 Å². The van der Waals surface area contributed by atoms with Gasteiger partial charge in [-0.1, -0.05) is 6.42 Å². The molecular formula is C13H19BrN2O2S. The van der Waals surface area contributed by atoms with E-state index in [0.29, 0.717) is 12.2 Å². The molecular weight excluding hydrogens is 328 g/mol. The molecule has 6 heteroatoms. The predicted molar refractivity (Wildman–Crippen MR) is 79.9 cm³/mol. The van der Waals surface area contributed by atoms with Gasteiger partial charge in [0.25, 0.3) is 0 Å². The number of nitrogens with one attached hydrogen (secondary N) is 1. The Labute approximate surface area is 123 Å². The van der Waals surface area contributed by atoms with Crippen molar-refractivity contribution in [3.8, 4) is 0 Å². The molecule has 2 rings (SSSR count). The molecule has 0 radical (unpaired) electrons. The van der Waals surface area contributed by atoms with Crippen molar-refractivity contribution in [2.75, 3.05) is 12.8 Å². The fourth-order valence-electron chi connectivity index (χ4n) is 2.60. The van der Waals surface area contributed by atoms with Crippen molar-refractivity contribution in [3.05, 3.63) is 28.5 Å². The minimum atomic E-state index is -2.96. The van der Waals surface area contributed by atoms with Crippen LogP contribution in [0.15, 0.2) is 22.8 Å². The molecule has 0 aromatic carbocycles. The van der Waals surface area contributed by atoms with E-state index in [1.54, 1.807) is 6.20 Å². The zero-order chi connectivity index (χ0) is 13.9. The lowest BCUT2D eigenvalue weighted by Gasteiger charge is -2.29. The van der Waals surface area contributed by atoms with Crippen molar-refractivity contribution < 1.29 is 8.42 Å². The van der Waals surface area contributed by atoms with Crippen molar-refractivity contribution >= 4 is 25.8 Å². The number of pyridine rings is 1. The second kappa shape index (κ2) is 6.33. The molecule has 1 fully saturated rings. The van der Waals surface area contributed by atoms with Crippen molar-refractivity contribution in [2.24, 2.45) is 0 Å². The summed E-state index contributed by atoms with van der Waals surface area (Å²) in [6, 6.07) is 3.81. The smallest absolute Gasteiger partial charge is 0.154 e. The molecule has 2 heterocycles. The molecule has 1 aliphatic rings. The number of sulfone groups is 1. The van der Waals surface area contributed by atoms with Gasteiger partial charge in [0.05, 0.1) is 11.0 Å². The average Bonchev–Trinajstić information content (AvgIpc) is 2.38. The normalized spacial score (nSPS) is 24.0. The quantitative estimate of drug-likeness (QED) is 0.904. The van der Waals surface area contributed by atoms with Crippen molar-refractivity contribution in [3.63, 3.8) is 0 Å². The van der Waals surface area contributed by atoms with Crippen LogP contribution in [-0.2, 0) is 16.3 Å². The maximum absolute atomic E-state index is 12.2. The molecule has 1 aliphatic heterocycles. The SMILES string of the molecule is CNC(Cc1ccc(Br)cn1)C1CCCCS1(=O)=O. The van der Waals surface area contributed by atoms with Crippen LogP contribution in [0.3, 0.4) is 0 Å². The summed E-state index contributed by atoms with van der Waals surface area (Å²) >= 11 is 3.35. The molecule has 106 valence electrons. The molecule has 1 aromatic heterocycles. The fourth-order valence-corrected chi connectivity index (χ4v) is 5.01. The molecule has 1 N–H and O–H groups in total. The zero-order valence-corrected chi connectivity index (χ0v) is 13.4. The Balaban J connectivity index is 2.13. The first-order valence-electron chi connectivity index (χ1n) is 6.52. The van der Waals surface area contributed by atoms with E-state index in [1.807, 2.05) is 19.2 Å². The van der Waals surface area contributed by atoms with Crippen LogP contribution < -0.4 is 5.32 Å². The van der Waals surface area contributed by atoms with E-state index in [1.165, 1.54) is 0 Å². The first-order valence-corrected chi connectivity index (χ1v) is 9.03. The molecule has 19 heavy (non-hydrogen) atoms. The van der Waals surface area contributed by atoms with Gasteiger partial charge in [-0.25, -0.2) is 8.42 Å². The molecule has 0 spiro atoms. The zero-order valence-electron chi connectivity index (χ0n) is 11.0. The van der Waals surface area contributed by atoms with Gasteiger partial charge in [0.2, 0.25) is 0 Å². The summed E-state index contributed by atoms with van der Waals surface area (Å²) in [5, 5.41) is 2.88. The van der Waals surface area contributed by atoms with Gasteiger partial charge in [0, 0.05) is 28.8 Å². The number of hydrogen-bond donors (Lipinski definition) is 1. The minimum Gasteiger partial charge on any atom is -0.315 e. The lowest BCUT2D eigenvalue weighted by Crippen LogP contribution is -2.46. The molecule has 2 atom stereocenters. The van der Waals surface area contributed by atoms with Crippen LogP contribution in [0, 0.1) is 0 Å². The standard InChI is InChI=1S/C13H19BrN2O2S/c1-15-12(8-11-6-5-10(14)9-16-11)13-4-2-3-7-19(13,17)18/h5-6,9,12-13,15H,2-4,7-8H2,1H3. The summed E-state index contributed by atoms with van der Waals surface area (Å²) in [5.74, 6) is 0.323. The molecule has 4 nitrogen and oxygen atoms in total. The van der Waals surface area contributed by atoms with Gasteiger partial charge in [-0.3, -0.25) is 4.98 Å². The lowest BCUT2D eigenvalue weighted by molar-refractivity contribution is 0.454. The van der Waals surface area contributed by atoms with Crippen LogP contribution in [0.4, 0.5) is 0 Å². The number of halogens is 1. The van der Waals surface area contributed by atoms with Gasteiger partial charge in [-0.05, 0) is 48.0 Å². The second-order valence-corrected chi connectivity index (χ2v) is 8.22. The van der Waals surface area contributed by atoms with Crippen LogP contribution in [0.2, 0.25) is 0 Å². The molecule has 2 unspecified atom stereocenters. The molecule has 0 bridgehead atoms. The summed E-state index contributed by atoms with van der Waals surface area (Å²) in [6.45, 7) is 0. The van der Waals surface area contributed by atoms with Gasteiger partial charge in [0.1, 0.15) is 0 Å². The maximum atomic E-state index is 12.2.